The third-order valence-electron chi connectivity index (χ3n) is 2.07. The van der Waals surface area contributed by atoms with E-state index in [1.165, 1.54) is 0 Å². The van der Waals surface area contributed by atoms with Crippen molar-refractivity contribution >= 4 is 17.8 Å². The molecule has 102 valence electrons. The Bertz CT molecular complexity index is 577. The Morgan fingerprint density at radius 2 is 1.89 bits per heavy atom. The number of aromatic hydroxyl groups is 1. The molecule has 0 radical (unpaired) electrons. The molecule has 9 nitrogen and oxygen atoms in total. The van der Waals surface area contributed by atoms with Crippen molar-refractivity contribution in [1.82, 2.24) is 10.3 Å². The van der Waals surface area contributed by atoms with Crippen molar-refractivity contribution in [3.05, 3.63) is 28.0 Å². The van der Waals surface area contributed by atoms with Gasteiger partial charge in [-0.15, -0.1) is 0 Å². The zero-order valence-corrected chi connectivity index (χ0v) is 9.41. The number of hydrogen-bond donors (Lipinski definition) is 5. The molecule has 0 aliphatic carbocycles. The summed E-state index contributed by atoms with van der Waals surface area (Å²) in [7, 11) is 0. The van der Waals surface area contributed by atoms with Crippen molar-refractivity contribution in [2.24, 2.45) is 0 Å². The summed E-state index contributed by atoms with van der Waals surface area (Å²) in [6.07, 6.45) is -0.809. The van der Waals surface area contributed by atoms with Crippen molar-refractivity contribution in [3.8, 4) is 5.88 Å². The number of carbonyl (C=O) groups excluding carboxylic acids is 1. The number of amides is 1. The Labute approximate surface area is 105 Å². The lowest BCUT2D eigenvalue weighted by Gasteiger charge is -2.12. The van der Waals surface area contributed by atoms with E-state index in [1.54, 1.807) is 0 Å². The predicted octanol–water partition coefficient (Wildman–Crippen LogP) is -1.26. The normalized spacial score (nSPS) is 11.6. The average Bonchev–Trinajstić information content (AvgIpc) is 2.25. The van der Waals surface area contributed by atoms with Gasteiger partial charge in [0.25, 0.3) is 11.5 Å². The second kappa shape index (κ2) is 5.67. The minimum atomic E-state index is -1.63. The standard InChI is InChI=1S/C10H10N2O7/c13-6-1-4(2-7(14)12-6)9(17)11-5(10(18)19)3-8(15)16/h1-2,5H,3H2,(H,11,17)(H,15,16)(H,18,19)(H2,12,13,14)/t5-/m0/s1. The largest absolute Gasteiger partial charge is 0.494 e. The van der Waals surface area contributed by atoms with Gasteiger partial charge < -0.3 is 20.6 Å². The van der Waals surface area contributed by atoms with Gasteiger partial charge in [-0.1, -0.05) is 0 Å². The molecular weight excluding hydrogens is 260 g/mol. The third-order valence-corrected chi connectivity index (χ3v) is 2.07. The number of pyridine rings is 1. The maximum atomic E-state index is 11.6. The van der Waals surface area contributed by atoms with Crippen LogP contribution in [0, 0.1) is 0 Å². The van der Waals surface area contributed by atoms with Gasteiger partial charge in [-0.25, -0.2) is 4.79 Å². The molecule has 1 heterocycles. The monoisotopic (exact) mass is 270 g/mol. The Kier molecular flexibility index (Phi) is 4.24. The Balaban J connectivity index is 2.90. The van der Waals surface area contributed by atoms with E-state index in [0.29, 0.717) is 0 Å². The highest BCUT2D eigenvalue weighted by Crippen LogP contribution is 2.05. The van der Waals surface area contributed by atoms with Crippen molar-refractivity contribution in [2.75, 3.05) is 0 Å². The molecule has 19 heavy (non-hydrogen) atoms. The fraction of sp³-hybridized carbons (Fsp3) is 0.200. The molecule has 0 saturated heterocycles. The predicted molar refractivity (Wildman–Crippen MR) is 59.9 cm³/mol. The number of rotatable bonds is 5. The molecule has 0 unspecified atom stereocenters. The highest BCUT2D eigenvalue weighted by molar-refractivity contribution is 5.97. The molecule has 0 saturated carbocycles. The first-order chi connectivity index (χ1) is 8.79. The second-order valence-corrected chi connectivity index (χ2v) is 3.58. The highest BCUT2D eigenvalue weighted by atomic mass is 16.4. The number of carboxylic acid groups (broad SMARTS) is 2. The van der Waals surface area contributed by atoms with Gasteiger partial charge in [0.15, 0.2) is 5.88 Å². The summed E-state index contributed by atoms with van der Waals surface area (Å²) in [5.74, 6) is -4.47. The lowest BCUT2D eigenvalue weighted by molar-refractivity contribution is -0.145. The first-order valence-corrected chi connectivity index (χ1v) is 4.98. The molecule has 0 bridgehead atoms. The van der Waals surface area contributed by atoms with Gasteiger partial charge in [-0.05, 0) is 0 Å². The van der Waals surface area contributed by atoms with E-state index in [-0.39, 0.29) is 5.56 Å². The zero-order valence-electron chi connectivity index (χ0n) is 9.41. The molecule has 1 rings (SSSR count). The molecule has 1 aromatic heterocycles. The van der Waals surface area contributed by atoms with Gasteiger partial charge in [0.1, 0.15) is 6.04 Å². The van der Waals surface area contributed by atoms with Crippen molar-refractivity contribution in [3.63, 3.8) is 0 Å². The van der Waals surface area contributed by atoms with Crippen LogP contribution in [0.15, 0.2) is 16.9 Å². The van der Waals surface area contributed by atoms with E-state index < -0.39 is 41.7 Å². The van der Waals surface area contributed by atoms with Crippen LogP contribution in [0.4, 0.5) is 0 Å². The summed E-state index contributed by atoms with van der Waals surface area (Å²) in [6, 6.07) is 0.122. The molecule has 0 fully saturated rings. The smallest absolute Gasteiger partial charge is 0.326 e. The topological polar surface area (TPSA) is 157 Å². The summed E-state index contributed by atoms with van der Waals surface area (Å²) < 4.78 is 0. The van der Waals surface area contributed by atoms with Crippen LogP contribution in [0.1, 0.15) is 16.8 Å². The number of nitrogens with one attached hydrogen (secondary N) is 2. The van der Waals surface area contributed by atoms with Gasteiger partial charge in [0, 0.05) is 12.1 Å². The molecular formula is C10H10N2O7. The number of aromatic nitrogens is 1. The number of aliphatic carboxylic acids is 2. The van der Waals surface area contributed by atoms with E-state index in [4.69, 9.17) is 15.3 Å². The first kappa shape index (κ1) is 14.2. The molecule has 9 heteroatoms. The lowest BCUT2D eigenvalue weighted by Crippen LogP contribution is -2.42. The van der Waals surface area contributed by atoms with Gasteiger partial charge in [-0.3, -0.25) is 19.4 Å². The van der Waals surface area contributed by atoms with E-state index in [9.17, 15) is 19.2 Å². The fourth-order valence-electron chi connectivity index (χ4n) is 1.28. The second-order valence-electron chi connectivity index (χ2n) is 3.58. The van der Waals surface area contributed by atoms with Crippen molar-refractivity contribution in [1.29, 1.82) is 0 Å². The van der Waals surface area contributed by atoms with Crippen molar-refractivity contribution < 1.29 is 29.7 Å². The van der Waals surface area contributed by atoms with Gasteiger partial charge >= 0.3 is 11.9 Å². The zero-order chi connectivity index (χ0) is 14.6. The van der Waals surface area contributed by atoms with Crippen LogP contribution < -0.4 is 10.9 Å². The first-order valence-electron chi connectivity index (χ1n) is 4.98. The molecule has 5 N–H and O–H groups in total. The summed E-state index contributed by atoms with van der Waals surface area (Å²) in [5, 5.41) is 28.2. The molecule has 1 aromatic rings. The van der Waals surface area contributed by atoms with Gasteiger partial charge in [-0.2, -0.15) is 0 Å². The van der Waals surface area contributed by atoms with E-state index >= 15 is 0 Å². The Morgan fingerprint density at radius 3 is 2.37 bits per heavy atom. The maximum absolute atomic E-state index is 11.6. The van der Waals surface area contributed by atoms with E-state index in [1.807, 2.05) is 10.3 Å². The van der Waals surface area contributed by atoms with Gasteiger partial charge in [0.2, 0.25) is 0 Å². The van der Waals surface area contributed by atoms with Crippen LogP contribution in [-0.4, -0.2) is 44.2 Å². The lowest BCUT2D eigenvalue weighted by atomic mass is 10.2. The third kappa shape index (κ3) is 4.15. The highest BCUT2D eigenvalue weighted by Gasteiger charge is 2.23. The number of carboxylic acids is 2. The van der Waals surface area contributed by atoms with Crippen LogP contribution in [0.2, 0.25) is 0 Å². The molecule has 1 atom stereocenters. The number of carbonyl (C=O) groups is 3. The average molecular weight is 270 g/mol. The summed E-state index contributed by atoms with van der Waals surface area (Å²) in [6.45, 7) is 0. The minimum Gasteiger partial charge on any atom is -0.494 e. The van der Waals surface area contributed by atoms with Crippen LogP contribution in [0.3, 0.4) is 0 Å². The quantitative estimate of drug-likeness (QED) is 0.446. The summed E-state index contributed by atoms with van der Waals surface area (Å²) in [4.78, 5) is 45.8. The molecule has 0 aliphatic rings. The van der Waals surface area contributed by atoms with Crippen LogP contribution >= 0.6 is 0 Å². The van der Waals surface area contributed by atoms with Crippen molar-refractivity contribution in [2.45, 2.75) is 12.5 Å². The maximum Gasteiger partial charge on any atom is 0.326 e. The van der Waals surface area contributed by atoms with Crippen LogP contribution in [0.5, 0.6) is 5.88 Å². The van der Waals surface area contributed by atoms with Crippen LogP contribution in [-0.2, 0) is 9.59 Å². The van der Waals surface area contributed by atoms with E-state index in [2.05, 4.69) is 0 Å². The minimum absolute atomic E-state index is 0.280. The number of H-pyrrole nitrogens is 1. The molecule has 0 aromatic carbocycles. The number of aromatic amines is 1. The summed E-state index contributed by atoms with van der Waals surface area (Å²) in [5.41, 5.74) is -1.03. The van der Waals surface area contributed by atoms with Crippen LogP contribution in [0.25, 0.3) is 0 Å². The molecule has 0 aliphatic heterocycles. The fourth-order valence-corrected chi connectivity index (χ4v) is 1.28. The Morgan fingerprint density at radius 1 is 1.26 bits per heavy atom. The number of hydrogen-bond acceptors (Lipinski definition) is 5. The SMILES string of the molecule is O=C(O)C[C@H](NC(=O)c1cc(O)[nH]c(=O)c1)C(=O)O. The summed E-state index contributed by atoms with van der Waals surface area (Å²) >= 11 is 0. The van der Waals surface area contributed by atoms with E-state index in [0.717, 1.165) is 12.1 Å². The van der Waals surface area contributed by atoms with Gasteiger partial charge in [0.05, 0.1) is 12.0 Å². The Hall–Kier alpha value is -2.84. The molecule has 0 spiro atoms. The molecule has 1 amide bonds.